The summed E-state index contributed by atoms with van der Waals surface area (Å²) in [5, 5.41) is 13.0. The minimum atomic E-state index is -0.117. The number of fused-ring (bicyclic) bond motifs is 1. The van der Waals surface area contributed by atoms with Crippen LogP contribution in [0, 0.1) is 0 Å². The van der Waals surface area contributed by atoms with Crippen molar-refractivity contribution in [3.05, 3.63) is 24.0 Å². The van der Waals surface area contributed by atoms with Gasteiger partial charge in [-0.2, -0.15) is 10.1 Å². The van der Waals surface area contributed by atoms with Gasteiger partial charge in [0.15, 0.2) is 11.4 Å². The van der Waals surface area contributed by atoms with Crippen LogP contribution in [0.1, 0.15) is 17.3 Å². The highest BCUT2D eigenvalue weighted by molar-refractivity contribution is 5.99. The van der Waals surface area contributed by atoms with Crippen LogP contribution in [0.2, 0.25) is 0 Å². The molecule has 0 aromatic carbocycles. The molecule has 0 amide bonds. The molecule has 13 heavy (non-hydrogen) atoms. The Labute approximate surface area is 73.6 Å². The standard InChI is InChI=1S/C8H7N3O2/c1-5(12)6-4-9-11-3-2-7(13)10-8(6)11/h2-4H,1H3,(H,10,13). The zero-order chi connectivity index (χ0) is 9.42. The maximum Gasteiger partial charge on any atom is 0.214 e. The van der Waals surface area contributed by atoms with Gasteiger partial charge in [-0.25, -0.2) is 4.52 Å². The summed E-state index contributed by atoms with van der Waals surface area (Å²) in [5.74, 6) is -0.233. The predicted octanol–water partition coefficient (Wildman–Crippen LogP) is 0.637. The molecule has 5 nitrogen and oxygen atoms in total. The van der Waals surface area contributed by atoms with E-state index in [1.165, 1.54) is 23.7 Å². The molecule has 0 atom stereocenters. The summed E-state index contributed by atoms with van der Waals surface area (Å²) >= 11 is 0. The summed E-state index contributed by atoms with van der Waals surface area (Å²) in [4.78, 5) is 14.8. The van der Waals surface area contributed by atoms with Crippen LogP contribution in [0.15, 0.2) is 18.5 Å². The summed E-state index contributed by atoms with van der Waals surface area (Å²) < 4.78 is 1.44. The number of ketones is 1. The van der Waals surface area contributed by atoms with Gasteiger partial charge in [0.25, 0.3) is 0 Å². The van der Waals surface area contributed by atoms with Crippen LogP contribution < -0.4 is 0 Å². The molecule has 2 heterocycles. The normalized spacial score (nSPS) is 10.5. The van der Waals surface area contributed by atoms with E-state index in [1.807, 2.05) is 0 Å². The molecule has 2 rings (SSSR count). The molecule has 0 radical (unpaired) electrons. The van der Waals surface area contributed by atoms with Crippen LogP contribution in [0.4, 0.5) is 0 Å². The fourth-order valence-corrected chi connectivity index (χ4v) is 1.11. The second-order valence-electron chi connectivity index (χ2n) is 2.67. The van der Waals surface area contributed by atoms with E-state index < -0.39 is 0 Å². The average molecular weight is 177 g/mol. The summed E-state index contributed by atoms with van der Waals surface area (Å²) in [6.45, 7) is 1.43. The van der Waals surface area contributed by atoms with Gasteiger partial charge in [-0.1, -0.05) is 0 Å². The fraction of sp³-hybridized carbons (Fsp3) is 0.125. The van der Waals surface area contributed by atoms with Crippen molar-refractivity contribution in [1.82, 2.24) is 14.6 Å². The monoisotopic (exact) mass is 177 g/mol. The second-order valence-corrected chi connectivity index (χ2v) is 2.67. The Kier molecular flexibility index (Phi) is 1.51. The van der Waals surface area contributed by atoms with Crippen LogP contribution in [0.3, 0.4) is 0 Å². The highest BCUT2D eigenvalue weighted by atomic mass is 16.3. The van der Waals surface area contributed by atoms with Crippen LogP contribution >= 0.6 is 0 Å². The van der Waals surface area contributed by atoms with E-state index >= 15 is 0 Å². The Morgan fingerprint density at radius 1 is 1.62 bits per heavy atom. The lowest BCUT2D eigenvalue weighted by Gasteiger charge is -1.94. The molecular formula is C8H7N3O2. The third-order valence-electron chi connectivity index (χ3n) is 1.73. The van der Waals surface area contributed by atoms with Gasteiger partial charge in [0.1, 0.15) is 0 Å². The van der Waals surface area contributed by atoms with Gasteiger partial charge in [-0.15, -0.1) is 0 Å². The van der Waals surface area contributed by atoms with Gasteiger partial charge in [0.05, 0.1) is 11.8 Å². The fourth-order valence-electron chi connectivity index (χ4n) is 1.11. The maximum atomic E-state index is 11.1. The molecule has 5 heteroatoms. The molecule has 2 aromatic rings. The minimum absolute atomic E-state index is 0.115. The SMILES string of the molecule is CC(=O)c1cnn2ccc(O)nc12. The van der Waals surface area contributed by atoms with E-state index in [0.717, 1.165) is 0 Å². The first-order valence-electron chi connectivity index (χ1n) is 3.73. The van der Waals surface area contributed by atoms with E-state index in [0.29, 0.717) is 11.2 Å². The molecule has 0 spiro atoms. The summed E-state index contributed by atoms with van der Waals surface area (Å²) in [7, 11) is 0. The summed E-state index contributed by atoms with van der Waals surface area (Å²) in [6.07, 6.45) is 2.98. The third-order valence-corrected chi connectivity index (χ3v) is 1.73. The van der Waals surface area contributed by atoms with Crippen molar-refractivity contribution in [3.8, 4) is 5.88 Å². The largest absolute Gasteiger partial charge is 0.493 e. The van der Waals surface area contributed by atoms with E-state index in [1.54, 1.807) is 6.20 Å². The zero-order valence-corrected chi connectivity index (χ0v) is 6.93. The van der Waals surface area contributed by atoms with Crippen LogP contribution in [-0.4, -0.2) is 25.5 Å². The summed E-state index contributed by atoms with van der Waals surface area (Å²) in [6, 6.07) is 1.41. The quantitative estimate of drug-likeness (QED) is 0.649. The predicted molar refractivity (Wildman–Crippen MR) is 44.7 cm³/mol. The highest BCUT2D eigenvalue weighted by Crippen LogP contribution is 2.11. The number of aromatic nitrogens is 3. The lowest BCUT2D eigenvalue weighted by Crippen LogP contribution is -1.94. The average Bonchev–Trinajstić information content (AvgIpc) is 2.46. The Bertz CT molecular complexity index is 475. The molecule has 0 fully saturated rings. The van der Waals surface area contributed by atoms with Gasteiger partial charge in [0.2, 0.25) is 5.88 Å². The van der Waals surface area contributed by atoms with E-state index in [4.69, 9.17) is 5.11 Å². The number of carbonyl (C=O) groups is 1. The highest BCUT2D eigenvalue weighted by Gasteiger charge is 2.09. The molecule has 0 bridgehead atoms. The van der Waals surface area contributed by atoms with Crippen molar-refractivity contribution in [2.45, 2.75) is 6.92 Å². The number of nitrogens with zero attached hydrogens (tertiary/aromatic N) is 3. The summed E-state index contributed by atoms with van der Waals surface area (Å²) in [5.41, 5.74) is 0.795. The van der Waals surface area contributed by atoms with Crippen molar-refractivity contribution >= 4 is 11.4 Å². The molecule has 0 aliphatic carbocycles. The van der Waals surface area contributed by atoms with Gasteiger partial charge in [-0.05, 0) is 6.92 Å². The van der Waals surface area contributed by atoms with Crippen LogP contribution in [0.25, 0.3) is 5.65 Å². The maximum absolute atomic E-state index is 11.1. The van der Waals surface area contributed by atoms with Crippen molar-refractivity contribution in [2.24, 2.45) is 0 Å². The number of carbonyl (C=O) groups excluding carboxylic acids is 1. The second kappa shape index (κ2) is 2.55. The number of hydrogen-bond donors (Lipinski definition) is 1. The van der Waals surface area contributed by atoms with Crippen molar-refractivity contribution in [1.29, 1.82) is 0 Å². The van der Waals surface area contributed by atoms with Crippen molar-refractivity contribution < 1.29 is 9.90 Å². The molecule has 0 aliphatic heterocycles. The molecule has 0 aliphatic rings. The van der Waals surface area contributed by atoms with E-state index in [-0.39, 0.29) is 11.7 Å². The van der Waals surface area contributed by atoms with Crippen LogP contribution in [0.5, 0.6) is 5.88 Å². The van der Waals surface area contributed by atoms with Crippen molar-refractivity contribution in [2.75, 3.05) is 0 Å². The van der Waals surface area contributed by atoms with Crippen LogP contribution in [-0.2, 0) is 0 Å². The molecule has 2 aromatic heterocycles. The third kappa shape index (κ3) is 1.14. The Morgan fingerprint density at radius 2 is 2.38 bits per heavy atom. The molecule has 1 N–H and O–H groups in total. The number of hydrogen-bond acceptors (Lipinski definition) is 4. The van der Waals surface area contributed by atoms with Gasteiger partial charge in [0, 0.05) is 12.3 Å². The van der Waals surface area contributed by atoms with Gasteiger partial charge < -0.3 is 5.11 Å². The smallest absolute Gasteiger partial charge is 0.214 e. The molecule has 0 saturated heterocycles. The first-order chi connectivity index (χ1) is 6.18. The molecule has 0 saturated carbocycles. The van der Waals surface area contributed by atoms with E-state index in [2.05, 4.69) is 10.1 Å². The minimum Gasteiger partial charge on any atom is -0.493 e. The topological polar surface area (TPSA) is 67.5 Å². The Hall–Kier alpha value is -1.91. The number of Topliss-reactive ketones (excluding diaryl/α,β-unsaturated/α-hetero) is 1. The van der Waals surface area contributed by atoms with Gasteiger partial charge >= 0.3 is 0 Å². The van der Waals surface area contributed by atoms with Gasteiger partial charge in [-0.3, -0.25) is 4.79 Å². The lowest BCUT2D eigenvalue weighted by molar-refractivity contribution is 0.101. The Morgan fingerprint density at radius 3 is 3.08 bits per heavy atom. The molecule has 0 unspecified atom stereocenters. The zero-order valence-electron chi connectivity index (χ0n) is 6.93. The molecule has 66 valence electrons. The van der Waals surface area contributed by atoms with E-state index in [9.17, 15) is 4.79 Å². The first-order valence-corrected chi connectivity index (χ1v) is 3.73. The first kappa shape index (κ1) is 7.72. The van der Waals surface area contributed by atoms with Crippen molar-refractivity contribution in [3.63, 3.8) is 0 Å². The lowest BCUT2D eigenvalue weighted by atomic mass is 10.2. The number of rotatable bonds is 1. The Balaban J connectivity index is 2.79. The molecular weight excluding hydrogens is 170 g/mol. The number of aromatic hydroxyl groups is 1.